The Morgan fingerprint density at radius 1 is 1.45 bits per heavy atom. The maximum absolute atomic E-state index is 12.4. The van der Waals surface area contributed by atoms with Gasteiger partial charge in [0.25, 0.3) is 0 Å². The minimum atomic E-state index is 0.199. The Kier molecular flexibility index (Phi) is 4.73. The van der Waals surface area contributed by atoms with Crippen molar-refractivity contribution in [1.82, 2.24) is 14.9 Å². The standard InChI is InChI=1S/C17H23N3O2/c1-2-22-13-6-5-11-20(12-13)17(21)10-9-16-18-14-7-3-4-8-15(14)19-16/h3-4,7-8,13H,2,5-6,9-12H2,1H3,(H,18,19). The summed E-state index contributed by atoms with van der Waals surface area (Å²) in [5, 5.41) is 0. The number of likely N-dealkylation sites (tertiary alicyclic amines) is 1. The summed E-state index contributed by atoms with van der Waals surface area (Å²) in [5.74, 6) is 1.08. The van der Waals surface area contributed by atoms with E-state index in [1.807, 2.05) is 36.1 Å². The Bertz CT molecular complexity index is 603. The largest absolute Gasteiger partial charge is 0.377 e. The van der Waals surface area contributed by atoms with Crippen molar-refractivity contribution >= 4 is 16.9 Å². The quantitative estimate of drug-likeness (QED) is 0.923. The number of aromatic nitrogens is 2. The molecule has 1 aliphatic heterocycles. The van der Waals surface area contributed by atoms with Gasteiger partial charge in [-0.2, -0.15) is 0 Å². The maximum Gasteiger partial charge on any atom is 0.223 e. The number of H-pyrrole nitrogens is 1. The molecule has 118 valence electrons. The number of imidazole rings is 1. The van der Waals surface area contributed by atoms with E-state index < -0.39 is 0 Å². The van der Waals surface area contributed by atoms with Crippen molar-refractivity contribution in [1.29, 1.82) is 0 Å². The van der Waals surface area contributed by atoms with Gasteiger partial charge in [0.2, 0.25) is 5.91 Å². The number of benzene rings is 1. The number of hydrogen-bond acceptors (Lipinski definition) is 3. The SMILES string of the molecule is CCOC1CCCN(C(=O)CCc2nc3ccccc3[nH]2)C1. The lowest BCUT2D eigenvalue weighted by Gasteiger charge is -2.32. The number of hydrogen-bond donors (Lipinski definition) is 1. The molecule has 1 unspecified atom stereocenters. The van der Waals surface area contributed by atoms with Gasteiger partial charge in [-0.25, -0.2) is 4.98 Å². The lowest BCUT2D eigenvalue weighted by Crippen LogP contribution is -2.43. The smallest absolute Gasteiger partial charge is 0.223 e. The zero-order chi connectivity index (χ0) is 15.4. The third kappa shape index (κ3) is 3.47. The molecule has 22 heavy (non-hydrogen) atoms. The van der Waals surface area contributed by atoms with Gasteiger partial charge >= 0.3 is 0 Å². The van der Waals surface area contributed by atoms with Crippen molar-refractivity contribution in [2.24, 2.45) is 0 Å². The Balaban J connectivity index is 1.55. The molecule has 5 heteroatoms. The molecule has 3 rings (SSSR count). The van der Waals surface area contributed by atoms with Crippen molar-refractivity contribution in [3.05, 3.63) is 30.1 Å². The Morgan fingerprint density at radius 2 is 2.32 bits per heavy atom. The topological polar surface area (TPSA) is 58.2 Å². The van der Waals surface area contributed by atoms with Crippen LogP contribution in [0.25, 0.3) is 11.0 Å². The third-order valence-electron chi connectivity index (χ3n) is 4.15. The van der Waals surface area contributed by atoms with E-state index in [4.69, 9.17) is 4.74 Å². The van der Waals surface area contributed by atoms with E-state index in [1.54, 1.807) is 0 Å². The molecule has 0 aliphatic carbocycles. The van der Waals surface area contributed by atoms with Crippen LogP contribution in [-0.4, -0.2) is 46.6 Å². The molecule has 0 bridgehead atoms. The van der Waals surface area contributed by atoms with E-state index >= 15 is 0 Å². The van der Waals surface area contributed by atoms with Crippen molar-refractivity contribution in [3.63, 3.8) is 0 Å². The summed E-state index contributed by atoms with van der Waals surface area (Å²) in [6, 6.07) is 7.94. The summed E-state index contributed by atoms with van der Waals surface area (Å²) in [7, 11) is 0. The lowest BCUT2D eigenvalue weighted by molar-refractivity contribution is -0.135. The van der Waals surface area contributed by atoms with E-state index in [2.05, 4.69) is 9.97 Å². The zero-order valence-electron chi connectivity index (χ0n) is 13.0. The monoisotopic (exact) mass is 301 g/mol. The second-order valence-corrected chi connectivity index (χ2v) is 5.76. The average Bonchev–Trinajstić information content (AvgIpc) is 2.96. The molecule has 1 amide bonds. The fourth-order valence-electron chi connectivity index (χ4n) is 3.04. The number of aryl methyl sites for hydroxylation is 1. The number of nitrogens with zero attached hydrogens (tertiary/aromatic N) is 2. The summed E-state index contributed by atoms with van der Waals surface area (Å²) in [5.41, 5.74) is 1.98. The number of nitrogens with one attached hydrogen (secondary N) is 1. The van der Waals surface area contributed by atoms with E-state index in [9.17, 15) is 4.79 Å². The highest BCUT2D eigenvalue weighted by Crippen LogP contribution is 2.16. The van der Waals surface area contributed by atoms with Crippen LogP contribution in [0.2, 0.25) is 0 Å². The predicted octanol–water partition coefficient (Wildman–Crippen LogP) is 2.52. The summed E-state index contributed by atoms with van der Waals surface area (Å²) < 4.78 is 5.65. The number of fused-ring (bicyclic) bond motifs is 1. The van der Waals surface area contributed by atoms with Crippen LogP contribution >= 0.6 is 0 Å². The number of aromatic amines is 1. The van der Waals surface area contributed by atoms with Gasteiger partial charge in [0, 0.05) is 32.5 Å². The van der Waals surface area contributed by atoms with Crippen LogP contribution in [0.15, 0.2) is 24.3 Å². The zero-order valence-corrected chi connectivity index (χ0v) is 13.0. The number of rotatable bonds is 5. The number of ether oxygens (including phenoxy) is 1. The van der Waals surface area contributed by atoms with Gasteiger partial charge in [0.1, 0.15) is 5.82 Å². The molecule has 1 aromatic carbocycles. The molecule has 1 N–H and O–H groups in total. The van der Waals surface area contributed by atoms with Crippen LogP contribution < -0.4 is 0 Å². The average molecular weight is 301 g/mol. The molecule has 1 fully saturated rings. The molecule has 1 atom stereocenters. The molecule has 1 aliphatic rings. The van der Waals surface area contributed by atoms with Gasteiger partial charge in [-0.1, -0.05) is 12.1 Å². The molecular weight excluding hydrogens is 278 g/mol. The molecule has 0 saturated carbocycles. The first-order valence-electron chi connectivity index (χ1n) is 8.09. The van der Waals surface area contributed by atoms with Crippen LogP contribution in [0.4, 0.5) is 0 Å². The van der Waals surface area contributed by atoms with Crippen LogP contribution in [-0.2, 0) is 16.0 Å². The Morgan fingerprint density at radius 3 is 3.14 bits per heavy atom. The molecule has 2 aromatic rings. The Hall–Kier alpha value is -1.88. The summed E-state index contributed by atoms with van der Waals surface area (Å²) in [6.07, 6.45) is 3.44. The molecule has 1 saturated heterocycles. The Labute approximate surface area is 130 Å². The first kappa shape index (κ1) is 15.0. The molecule has 0 radical (unpaired) electrons. The molecule has 1 aromatic heterocycles. The van der Waals surface area contributed by atoms with Crippen molar-refractivity contribution in [3.8, 4) is 0 Å². The highest BCUT2D eigenvalue weighted by Gasteiger charge is 2.23. The maximum atomic E-state index is 12.4. The second-order valence-electron chi connectivity index (χ2n) is 5.76. The van der Waals surface area contributed by atoms with Crippen LogP contribution in [0, 0.1) is 0 Å². The number of carbonyl (C=O) groups is 1. The van der Waals surface area contributed by atoms with E-state index in [0.717, 1.165) is 42.8 Å². The molecule has 5 nitrogen and oxygen atoms in total. The number of para-hydroxylation sites is 2. The summed E-state index contributed by atoms with van der Waals surface area (Å²) in [6.45, 7) is 4.30. The van der Waals surface area contributed by atoms with E-state index in [-0.39, 0.29) is 12.0 Å². The normalized spacial score (nSPS) is 18.8. The molecule has 2 heterocycles. The first-order valence-corrected chi connectivity index (χ1v) is 8.09. The number of carbonyl (C=O) groups excluding carboxylic acids is 1. The predicted molar refractivity (Wildman–Crippen MR) is 85.6 cm³/mol. The van der Waals surface area contributed by atoms with Gasteiger partial charge in [-0.05, 0) is 31.9 Å². The van der Waals surface area contributed by atoms with E-state index in [1.165, 1.54) is 0 Å². The third-order valence-corrected chi connectivity index (χ3v) is 4.15. The lowest BCUT2D eigenvalue weighted by atomic mass is 10.1. The van der Waals surface area contributed by atoms with Crippen LogP contribution in [0.5, 0.6) is 0 Å². The summed E-state index contributed by atoms with van der Waals surface area (Å²) >= 11 is 0. The minimum Gasteiger partial charge on any atom is -0.377 e. The second kappa shape index (κ2) is 6.92. The van der Waals surface area contributed by atoms with Crippen molar-refractivity contribution in [2.45, 2.75) is 38.7 Å². The number of piperidine rings is 1. The van der Waals surface area contributed by atoms with Gasteiger partial charge < -0.3 is 14.6 Å². The first-order chi connectivity index (χ1) is 10.8. The van der Waals surface area contributed by atoms with Gasteiger partial charge in [-0.15, -0.1) is 0 Å². The molecule has 0 spiro atoms. The fourth-order valence-corrected chi connectivity index (χ4v) is 3.04. The number of amides is 1. The highest BCUT2D eigenvalue weighted by molar-refractivity contribution is 5.77. The van der Waals surface area contributed by atoms with Gasteiger partial charge in [0.15, 0.2) is 0 Å². The van der Waals surface area contributed by atoms with E-state index in [0.29, 0.717) is 19.4 Å². The van der Waals surface area contributed by atoms with Crippen molar-refractivity contribution in [2.75, 3.05) is 19.7 Å². The van der Waals surface area contributed by atoms with Gasteiger partial charge in [-0.3, -0.25) is 4.79 Å². The highest BCUT2D eigenvalue weighted by atomic mass is 16.5. The minimum absolute atomic E-state index is 0.199. The fraction of sp³-hybridized carbons (Fsp3) is 0.529. The van der Waals surface area contributed by atoms with Crippen LogP contribution in [0.3, 0.4) is 0 Å². The summed E-state index contributed by atoms with van der Waals surface area (Å²) in [4.78, 5) is 22.1. The van der Waals surface area contributed by atoms with Gasteiger partial charge in [0.05, 0.1) is 17.1 Å². The van der Waals surface area contributed by atoms with Crippen molar-refractivity contribution < 1.29 is 9.53 Å². The molecular formula is C17H23N3O2. The van der Waals surface area contributed by atoms with Crippen LogP contribution in [0.1, 0.15) is 32.0 Å².